The molecule has 12 heavy (non-hydrogen) atoms. The number of hydrogen-bond donors (Lipinski definition) is 0. The van der Waals surface area contributed by atoms with Crippen molar-refractivity contribution < 1.29 is 0 Å². The molecule has 3 heterocycles. The first kappa shape index (κ1) is 7.34. The molecule has 0 aromatic rings. The highest BCUT2D eigenvalue weighted by molar-refractivity contribution is 4.92. The van der Waals surface area contributed by atoms with E-state index in [9.17, 15) is 0 Å². The molecule has 0 saturated carbocycles. The molecule has 2 nitrogen and oxygen atoms in total. The van der Waals surface area contributed by atoms with E-state index in [1.54, 1.807) is 0 Å². The van der Waals surface area contributed by atoms with Crippen LogP contribution in [0.5, 0.6) is 0 Å². The van der Waals surface area contributed by atoms with Crippen LogP contribution in [0, 0.1) is 0 Å². The Morgan fingerprint density at radius 2 is 1.42 bits per heavy atom. The fourth-order valence-electron chi connectivity index (χ4n) is 3.24. The maximum Gasteiger partial charge on any atom is 0.0511 e. The number of nitrogens with zero attached hydrogens (tertiary/aromatic N) is 2. The Morgan fingerprint density at radius 3 is 2.00 bits per heavy atom. The molecular formula is C10H18N2. The highest BCUT2D eigenvalue weighted by atomic mass is 15.4. The molecule has 0 amide bonds. The largest absolute Gasteiger partial charge is 0.287 e. The van der Waals surface area contributed by atoms with Gasteiger partial charge in [-0.25, -0.2) is 0 Å². The van der Waals surface area contributed by atoms with Crippen molar-refractivity contribution in [3.63, 3.8) is 0 Å². The van der Waals surface area contributed by atoms with Crippen LogP contribution in [0.2, 0.25) is 0 Å². The molecule has 2 atom stereocenters. The van der Waals surface area contributed by atoms with Crippen LogP contribution in [0.1, 0.15) is 32.1 Å². The van der Waals surface area contributed by atoms with Crippen molar-refractivity contribution in [1.82, 2.24) is 9.80 Å². The van der Waals surface area contributed by atoms with Gasteiger partial charge in [-0.1, -0.05) is 0 Å². The topological polar surface area (TPSA) is 6.48 Å². The van der Waals surface area contributed by atoms with Crippen LogP contribution in [0.25, 0.3) is 0 Å². The lowest BCUT2D eigenvalue weighted by molar-refractivity contribution is 0.0455. The van der Waals surface area contributed by atoms with Crippen molar-refractivity contribution in [2.24, 2.45) is 0 Å². The molecule has 2 unspecified atom stereocenters. The van der Waals surface area contributed by atoms with Crippen molar-refractivity contribution in [1.29, 1.82) is 0 Å². The van der Waals surface area contributed by atoms with E-state index in [1.165, 1.54) is 51.9 Å². The van der Waals surface area contributed by atoms with Crippen molar-refractivity contribution in [3.8, 4) is 0 Å². The molecular weight excluding hydrogens is 148 g/mol. The minimum absolute atomic E-state index is 0.962. The summed E-state index contributed by atoms with van der Waals surface area (Å²) in [7, 11) is 0. The van der Waals surface area contributed by atoms with Crippen LogP contribution in [0.3, 0.4) is 0 Å². The Morgan fingerprint density at radius 1 is 0.833 bits per heavy atom. The summed E-state index contributed by atoms with van der Waals surface area (Å²) in [5, 5.41) is 0. The molecule has 0 spiro atoms. The molecule has 3 saturated heterocycles. The maximum atomic E-state index is 2.70. The third kappa shape index (κ3) is 1.01. The Kier molecular flexibility index (Phi) is 1.66. The first-order valence-corrected chi connectivity index (χ1v) is 5.41. The minimum Gasteiger partial charge on any atom is -0.287 e. The Hall–Kier alpha value is -0.0800. The van der Waals surface area contributed by atoms with Gasteiger partial charge in [-0.3, -0.25) is 9.80 Å². The molecule has 0 aliphatic carbocycles. The lowest BCUT2D eigenvalue weighted by Gasteiger charge is -2.40. The summed E-state index contributed by atoms with van der Waals surface area (Å²) in [5.41, 5.74) is 0. The predicted octanol–water partition coefficient (Wildman–Crippen LogP) is 1.28. The van der Waals surface area contributed by atoms with Crippen molar-refractivity contribution >= 4 is 0 Å². The summed E-state index contributed by atoms with van der Waals surface area (Å²) < 4.78 is 0. The molecule has 0 N–H and O–H groups in total. The zero-order valence-corrected chi connectivity index (χ0v) is 7.71. The van der Waals surface area contributed by atoms with Crippen LogP contribution >= 0.6 is 0 Å². The molecule has 68 valence electrons. The molecule has 0 aromatic heterocycles. The molecule has 2 heteroatoms. The van der Waals surface area contributed by atoms with Gasteiger partial charge in [0, 0.05) is 12.1 Å². The van der Waals surface area contributed by atoms with E-state index in [-0.39, 0.29) is 0 Å². The third-order valence-corrected chi connectivity index (χ3v) is 3.91. The molecule has 0 aromatic carbocycles. The highest BCUT2D eigenvalue weighted by Gasteiger charge is 2.37. The van der Waals surface area contributed by atoms with Gasteiger partial charge in [0.15, 0.2) is 0 Å². The number of hydrogen-bond acceptors (Lipinski definition) is 2. The van der Waals surface area contributed by atoms with Gasteiger partial charge in [-0.15, -0.1) is 0 Å². The first-order valence-electron chi connectivity index (χ1n) is 5.41. The molecule has 3 rings (SSSR count). The average molecular weight is 166 g/mol. The molecule has 3 aliphatic rings. The molecule has 0 radical (unpaired) electrons. The van der Waals surface area contributed by atoms with Crippen molar-refractivity contribution in [3.05, 3.63) is 0 Å². The van der Waals surface area contributed by atoms with Gasteiger partial charge >= 0.3 is 0 Å². The predicted molar refractivity (Wildman–Crippen MR) is 48.9 cm³/mol. The lowest BCUT2D eigenvalue weighted by atomic mass is 10.0. The fourth-order valence-corrected chi connectivity index (χ4v) is 3.24. The lowest BCUT2D eigenvalue weighted by Crippen LogP contribution is -2.50. The minimum atomic E-state index is 0.962. The van der Waals surface area contributed by atoms with Gasteiger partial charge < -0.3 is 0 Å². The van der Waals surface area contributed by atoms with Crippen LogP contribution in [-0.2, 0) is 0 Å². The summed E-state index contributed by atoms with van der Waals surface area (Å²) in [4.78, 5) is 5.39. The van der Waals surface area contributed by atoms with E-state index in [0.717, 1.165) is 12.1 Å². The zero-order valence-electron chi connectivity index (χ0n) is 7.71. The van der Waals surface area contributed by atoms with E-state index in [1.807, 2.05) is 0 Å². The van der Waals surface area contributed by atoms with Gasteiger partial charge in [0.1, 0.15) is 0 Å². The SMILES string of the molecule is C1CC2CC3CCCN3CN2C1. The normalized spacial score (nSPS) is 43.0. The first-order chi connectivity index (χ1) is 5.93. The molecule has 0 bridgehead atoms. The Labute approximate surface area is 74.5 Å². The van der Waals surface area contributed by atoms with E-state index < -0.39 is 0 Å². The fraction of sp³-hybridized carbons (Fsp3) is 1.00. The summed E-state index contributed by atoms with van der Waals surface area (Å²) in [6, 6.07) is 1.92. The summed E-state index contributed by atoms with van der Waals surface area (Å²) >= 11 is 0. The zero-order chi connectivity index (χ0) is 7.97. The summed E-state index contributed by atoms with van der Waals surface area (Å²) in [6.45, 7) is 4.02. The molecule has 3 fully saturated rings. The second-order valence-corrected chi connectivity index (χ2v) is 4.59. The smallest absolute Gasteiger partial charge is 0.0511 e. The molecule has 3 aliphatic heterocycles. The van der Waals surface area contributed by atoms with Crippen LogP contribution in [0.15, 0.2) is 0 Å². The van der Waals surface area contributed by atoms with E-state index >= 15 is 0 Å². The second-order valence-electron chi connectivity index (χ2n) is 4.59. The highest BCUT2D eigenvalue weighted by Crippen LogP contribution is 2.32. The van der Waals surface area contributed by atoms with Crippen molar-refractivity contribution in [2.75, 3.05) is 19.8 Å². The Balaban J connectivity index is 1.75. The Bertz CT molecular complexity index is 145. The van der Waals surface area contributed by atoms with Gasteiger partial charge in [-0.2, -0.15) is 0 Å². The quantitative estimate of drug-likeness (QED) is 0.535. The standard InChI is InChI=1S/C10H18N2/c1-3-9-7-10-4-2-6-12(10)8-11(9)5-1/h9-10H,1-8H2. The van der Waals surface area contributed by atoms with Gasteiger partial charge in [0.25, 0.3) is 0 Å². The van der Waals surface area contributed by atoms with Crippen LogP contribution in [-0.4, -0.2) is 41.6 Å². The van der Waals surface area contributed by atoms with E-state index in [0.29, 0.717) is 0 Å². The van der Waals surface area contributed by atoms with Gasteiger partial charge in [0.05, 0.1) is 6.67 Å². The maximum absolute atomic E-state index is 2.70. The second kappa shape index (κ2) is 2.71. The summed E-state index contributed by atoms with van der Waals surface area (Å²) in [5.74, 6) is 0. The average Bonchev–Trinajstić information content (AvgIpc) is 2.64. The number of rotatable bonds is 0. The monoisotopic (exact) mass is 166 g/mol. The third-order valence-electron chi connectivity index (χ3n) is 3.91. The van der Waals surface area contributed by atoms with Gasteiger partial charge in [0.2, 0.25) is 0 Å². The number of fused-ring (bicyclic) bond motifs is 2. The summed E-state index contributed by atoms with van der Waals surface area (Å²) in [6.07, 6.45) is 7.32. The van der Waals surface area contributed by atoms with Crippen LogP contribution in [0.4, 0.5) is 0 Å². The van der Waals surface area contributed by atoms with Gasteiger partial charge in [-0.05, 0) is 45.2 Å². The van der Waals surface area contributed by atoms with E-state index in [4.69, 9.17) is 0 Å². The van der Waals surface area contributed by atoms with E-state index in [2.05, 4.69) is 9.80 Å². The van der Waals surface area contributed by atoms with Crippen LogP contribution < -0.4 is 0 Å². The van der Waals surface area contributed by atoms with Crippen molar-refractivity contribution in [2.45, 2.75) is 44.2 Å².